The van der Waals surface area contributed by atoms with Gasteiger partial charge in [0.25, 0.3) is 0 Å². The summed E-state index contributed by atoms with van der Waals surface area (Å²) in [4.78, 5) is 11.8. The van der Waals surface area contributed by atoms with Crippen molar-refractivity contribution in [3.8, 4) is 16.9 Å². The third-order valence-corrected chi connectivity index (χ3v) is 4.95. The van der Waals surface area contributed by atoms with Crippen LogP contribution in [0, 0.1) is 0 Å². The number of thiophene rings is 1. The standard InChI is InChI=1S/C18H18ClNO2S/c1-3-11(2)18(21)20-9-15-7-14-6-13(12-4-5-23-10-12)8-16(19)17(14)22-15/h3-6,8,10,15H,7,9H2,1-2H3,(H,20,21). The maximum Gasteiger partial charge on any atom is 0.246 e. The number of hydrogen-bond donors (Lipinski definition) is 1. The largest absolute Gasteiger partial charge is 0.486 e. The van der Waals surface area contributed by atoms with Crippen LogP contribution < -0.4 is 10.1 Å². The molecule has 0 bridgehead atoms. The summed E-state index contributed by atoms with van der Waals surface area (Å²) in [5, 5.41) is 7.68. The van der Waals surface area contributed by atoms with Crippen molar-refractivity contribution < 1.29 is 9.53 Å². The molecule has 0 saturated carbocycles. The van der Waals surface area contributed by atoms with E-state index in [9.17, 15) is 4.79 Å². The second-order valence-electron chi connectivity index (χ2n) is 5.58. The summed E-state index contributed by atoms with van der Waals surface area (Å²) in [7, 11) is 0. The average molecular weight is 348 g/mol. The Labute approximate surface area is 144 Å². The number of carbonyl (C=O) groups excluding carboxylic acids is 1. The lowest BCUT2D eigenvalue weighted by molar-refractivity contribution is -0.117. The SMILES string of the molecule is CC=C(C)C(=O)NCC1Cc2cc(-c3ccsc3)cc(Cl)c2O1. The zero-order valence-corrected chi connectivity index (χ0v) is 14.6. The van der Waals surface area contributed by atoms with Gasteiger partial charge in [-0.15, -0.1) is 0 Å². The van der Waals surface area contributed by atoms with Crippen LogP contribution >= 0.6 is 22.9 Å². The summed E-state index contributed by atoms with van der Waals surface area (Å²) in [5.74, 6) is 0.685. The summed E-state index contributed by atoms with van der Waals surface area (Å²) in [6, 6.07) is 6.14. The number of hydrogen-bond acceptors (Lipinski definition) is 3. The first-order valence-electron chi connectivity index (χ1n) is 7.51. The second kappa shape index (κ2) is 6.77. The van der Waals surface area contributed by atoms with Crippen molar-refractivity contribution in [3.63, 3.8) is 0 Å². The minimum absolute atomic E-state index is 0.0582. The van der Waals surface area contributed by atoms with Crippen molar-refractivity contribution in [1.82, 2.24) is 5.32 Å². The molecular weight excluding hydrogens is 330 g/mol. The molecule has 3 nitrogen and oxygen atoms in total. The van der Waals surface area contributed by atoms with Crippen LogP contribution in [0.2, 0.25) is 5.02 Å². The fourth-order valence-electron chi connectivity index (χ4n) is 2.57. The molecule has 1 atom stereocenters. The van der Waals surface area contributed by atoms with Gasteiger partial charge in [-0.1, -0.05) is 17.7 Å². The van der Waals surface area contributed by atoms with E-state index in [-0.39, 0.29) is 12.0 Å². The summed E-state index contributed by atoms with van der Waals surface area (Å²) in [6.07, 6.45) is 2.47. The van der Waals surface area contributed by atoms with Crippen LogP contribution in [-0.2, 0) is 11.2 Å². The molecule has 120 valence electrons. The first kappa shape index (κ1) is 16.1. The van der Waals surface area contributed by atoms with Gasteiger partial charge in [-0.05, 0) is 53.9 Å². The molecule has 5 heteroatoms. The van der Waals surface area contributed by atoms with E-state index in [1.807, 2.05) is 13.0 Å². The third kappa shape index (κ3) is 3.43. The van der Waals surface area contributed by atoms with E-state index in [1.165, 1.54) is 5.56 Å². The number of halogens is 1. The topological polar surface area (TPSA) is 38.3 Å². The fourth-order valence-corrected chi connectivity index (χ4v) is 3.52. The van der Waals surface area contributed by atoms with E-state index in [0.717, 1.165) is 23.3 Å². The molecule has 1 N–H and O–H groups in total. The van der Waals surface area contributed by atoms with E-state index in [2.05, 4.69) is 28.2 Å². The molecule has 23 heavy (non-hydrogen) atoms. The monoisotopic (exact) mass is 347 g/mol. The molecule has 0 radical (unpaired) electrons. The number of allylic oxidation sites excluding steroid dienone is 1. The molecule has 0 spiro atoms. The van der Waals surface area contributed by atoms with Gasteiger partial charge in [-0.3, -0.25) is 4.79 Å². The van der Waals surface area contributed by atoms with Crippen molar-refractivity contribution in [2.45, 2.75) is 26.4 Å². The molecule has 2 heterocycles. The molecule has 2 aromatic rings. The summed E-state index contributed by atoms with van der Waals surface area (Å²) in [5.41, 5.74) is 4.08. The summed E-state index contributed by atoms with van der Waals surface area (Å²) >= 11 is 8.04. The maximum absolute atomic E-state index is 11.8. The van der Waals surface area contributed by atoms with Crippen molar-refractivity contribution in [3.05, 3.63) is 51.2 Å². The van der Waals surface area contributed by atoms with Gasteiger partial charge in [0, 0.05) is 17.6 Å². The minimum atomic E-state index is -0.0752. The molecule has 0 aliphatic carbocycles. The van der Waals surface area contributed by atoms with Crippen LogP contribution in [0.4, 0.5) is 0 Å². The predicted molar refractivity (Wildman–Crippen MR) is 95.3 cm³/mol. The van der Waals surface area contributed by atoms with Gasteiger partial charge in [0.15, 0.2) is 0 Å². The Morgan fingerprint density at radius 2 is 2.30 bits per heavy atom. The van der Waals surface area contributed by atoms with E-state index < -0.39 is 0 Å². The number of fused-ring (bicyclic) bond motifs is 1. The third-order valence-electron chi connectivity index (χ3n) is 3.99. The predicted octanol–water partition coefficient (Wildman–Crippen LogP) is 4.45. The van der Waals surface area contributed by atoms with Gasteiger partial charge in [-0.25, -0.2) is 0 Å². The highest BCUT2D eigenvalue weighted by Gasteiger charge is 2.26. The van der Waals surface area contributed by atoms with Crippen molar-refractivity contribution in [1.29, 1.82) is 0 Å². The molecule has 1 unspecified atom stereocenters. The van der Waals surface area contributed by atoms with Crippen LogP contribution in [0.3, 0.4) is 0 Å². The Bertz CT molecular complexity index is 753. The lowest BCUT2D eigenvalue weighted by atomic mass is 10.0. The zero-order valence-electron chi connectivity index (χ0n) is 13.1. The number of rotatable bonds is 4. The zero-order chi connectivity index (χ0) is 16.4. The van der Waals surface area contributed by atoms with E-state index in [0.29, 0.717) is 17.1 Å². The van der Waals surface area contributed by atoms with Gasteiger partial charge >= 0.3 is 0 Å². The number of ether oxygens (including phenoxy) is 1. The maximum atomic E-state index is 11.8. The van der Waals surface area contributed by atoms with Gasteiger partial charge < -0.3 is 10.1 Å². The number of benzene rings is 1. The molecule has 1 aliphatic rings. The molecular formula is C18H18ClNO2S. The lowest BCUT2D eigenvalue weighted by Gasteiger charge is -2.12. The Morgan fingerprint density at radius 3 is 3.00 bits per heavy atom. The second-order valence-corrected chi connectivity index (χ2v) is 6.77. The van der Waals surface area contributed by atoms with E-state index in [4.69, 9.17) is 16.3 Å². The molecule has 0 fully saturated rings. The molecule has 0 saturated heterocycles. The Morgan fingerprint density at radius 1 is 1.48 bits per heavy atom. The Balaban J connectivity index is 1.71. The minimum Gasteiger partial charge on any atom is -0.486 e. The quantitative estimate of drug-likeness (QED) is 0.829. The van der Waals surface area contributed by atoms with E-state index >= 15 is 0 Å². The van der Waals surface area contributed by atoms with Crippen LogP contribution in [0.25, 0.3) is 11.1 Å². The van der Waals surface area contributed by atoms with Crippen LogP contribution in [0.1, 0.15) is 19.4 Å². The highest BCUT2D eigenvalue weighted by molar-refractivity contribution is 7.08. The number of carbonyl (C=O) groups is 1. The van der Waals surface area contributed by atoms with Crippen LogP contribution in [-0.4, -0.2) is 18.6 Å². The van der Waals surface area contributed by atoms with Crippen molar-refractivity contribution in [2.24, 2.45) is 0 Å². The molecule has 1 aliphatic heterocycles. The van der Waals surface area contributed by atoms with Gasteiger partial charge in [-0.2, -0.15) is 11.3 Å². The van der Waals surface area contributed by atoms with Crippen LogP contribution in [0.5, 0.6) is 5.75 Å². The normalized spacial score (nSPS) is 16.8. The number of amides is 1. The molecule has 3 rings (SSSR count). The summed E-state index contributed by atoms with van der Waals surface area (Å²) in [6.45, 7) is 4.12. The van der Waals surface area contributed by atoms with Crippen molar-refractivity contribution >= 4 is 28.8 Å². The van der Waals surface area contributed by atoms with Gasteiger partial charge in [0.2, 0.25) is 5.91 Å². The Kier molecular flexibility index (Phi) is 4.74. The van der Waals surface area contributed by atoms with E-state index in [1.54, 1.807) is 24.3 Å². The highest BCUT2D eigenvalue weighted by Crippen LogP contribution is 2.39. The molecule has 1 amide bonds. The lowest BCUT2D eigenvalue weighted by Crippen LogP contribution is -2.34. The first-order valence-corrected chi connectivity index (χ1v) is 8.83. The van der Waals surface area contributed by atoms with Gasteiger partial charge in [0.05, 0.1) is 11.6 Å². The first-order chi connectivity index (χ1) is 11.1. The molecule has 1 aromatic carbocycles. The van der Waals surface area contributed by atoms with Gasteiger partial charge in [0.1, 0.15) is 11.9 Å². The Hall–Kier alpha value is -1.78. The average Bonchev–Trinajstić information content (AvgIpc) is 3.20. The van der Waals surface area contributed by atoms with Crippen LogP contribution in [0.15, 0.2) is 40.6 Å². The molecule has 1 aromatic heterocycles. The fraction of sp³-hybridized carbons (Fsp3) is 0.278. The highest BCUT2D eigenvalue weighted by atomic mass is 35.5. The van der Waals surface area contributed by atoms with Crippen molar-refractivity contribution in [2.75, 3.05) is 6.54 Å². The number of nitrogens with one attached hydrogen (secondary N) is 1. The smallest absolute Gasteiger partial charge is 0.246 e. The summed E-state index contributed by atoms with van der Waals surface area (Å²) < 4.78 is 5.91.